The highest BCUT2D eigenvalue weighted by Crippen LogP contribution is 2.23. The highest BCUT2D eigenvalue weighted by molar-refractivity contribution is 5.32. The monoisotopic (exact) mass is 229 g/mol. The Labute approximate surface area is 103 Å². The van der Waals surface area contributed by atoms with Gasteiger partial charge in [-0.3, -0.25) is 4.90 Å². The minimum absolute atomic E-state index is 0.101. The van der Waals surface area contributed by atoms with E-state index in [0.717, 1.165) is 38.2 Å². The Balaban J connectivity index is 2.21. The van der Waals surface area contributed by atoms with Crippen LogP contribution in [0.4, 0.5) is 0 Å². The zero-order valence-electron chi connectivity index (χ0n) is 10.3. The van der Waals surface area contributed by atoms with E-state index in [-0.39, 0.29) is 6.04 Å². The molecule has 0 saturated carbocycles. The number of hydrogen-bond donors (Lipinski definition) is 1. The van der Waals surface area contributed by atoms with Crippen LogP contribution in [0.15, 0.2) is 24.3 Å². The summed E-state index contributed by atoms with van der Waals surface area (Å²) in [6.07, 6.45) is 1.12. The van der Waals surface area contributed by atoms with E-state index in [9.17, 15) is 5.26 Å². The molecular weight excluding hydrogens is 210 g/mol. The van der Waals surface area contributed by atoms with E-state index >= 15 is 0 Å². The molecule has 1 aliphatic heterocycles. The Morgan fingerprint density at radius 3 is 2.88 bits per heavy atom. The van der Waals surface area contributed by atoms with Gasteiger partial charge < -0.3 is 5.32 Å². The van der Waals surface area contributed by atoms with E-state index in [1.165, 1.54) is 5.56 Å². The van der Waals surface area contributed by atoms with Crippen molar-refractivity contribution in [2.75, 3.05) is 26.2 Å². The molecule has 1 aromatic rings. The number of rotatable bonds is 2. The van der Waals surface area contributed by atoms with Gasteiger partial charge in [0, 0.05) is 19.6 Å². The van der Waals surface area contributed by atoms with E-state index in [0.29, 0.717) is 0 Å². The Morgan fingerprint density at radius 2 is 2.12 bits per heavy atom. The first kappa shape index (κ1) is 12.1. The lowest BCUT2D eigenvalue weighted by Crippen LogP contribution is -2.31. The lowest BCUT2D eigenvalue weighted by atomic mass is 10.0. The summed E-state index contributed by atoms with van der Waals surface area (Å²) in [5, 5.41) is 12.8. The van der Waals surface area contributed by atoms with Crippen LogP contribution >= 0.6 is 0 Å². The van der Waals surface area contributed by atoms with Crippen molar-refractivity contribution in [3.05, 3.63) is 35.4 Å². The lowest BCUT2D eigenvalue weighted by Gasteiger charge is -2.26. The normalized spacial score (nSPS) is 19.3. The van der Waals surface area contributed by atoms with Crippen LogP contribution in [0.5, 0.6) is 0 Å². The molecule has 0 bridgehead atoms. The summed E-state index contributed by atoms with van der Waals surface area (Å²) in [6.45, 7) is 6.06. The fourth-order valence-corrected chi connectivity index (χ4v) is 2.37. The molecule has 0 aromatic heterocycles. The number of benzene rings is 1. The molecule has 1 fully saturated rings. The molecule has 0 spiro atoms. The molecule has 1 aliphatic rings. The van der Waals surface area contributed by atoms with Crippen LogP contribution in [-0.2, 0) is 0 Å². The summed E-state index contributed by atoms with van der Waals surface area (Å²) < 4.78 is 0. The predicted octanol–water partition coefficient (Wildman–Crippen LogP) is 1.85. The van der Waals surface area contributed by atoms with Crippen molar-refractivity contribution in [1.29, 1.82) is 5.26 Å². The molecule has 1 atom stereocenters. The van der Waals surface area contributed by atoms with E-state index in [1.807, 2.05) is 12.1 Å². The maximum Gasteiger partial charge on any atom is 0.124 e. The second-order valence-corrected chi connectivity index (χ2v) is 4.53. The van der Waals surface area contributed by atoms with E-state index in [4.69, 9.17) is 0 Å². The maximum absolute atomic E-state index is 9.44. The van der Waals surface area contributed by atoms with Gasteiger partial charge in [-0.1, -0.05) is 24.3 Å². The van der Waals surface area contributed by atoms with Gasteiger partial charge in [0.25, 0.3) is 0 Å². The smallest absolute Gasteiger partial charge is 0.124 e. The average molecular weight is 229 g/mol. The molecule has 3 nitrogen and oxygen atoms in total. The predicted molar refractivity (Wildman–Crippen MR) is 68.6 cm³/mol. The van der Waals surface area contributed by atoms with Gasteiger partial charge in [0.15, 0.2) is 0 Å². The number of aryl methyl sites for hydroxylation is 1. The van der Waals surface area contributed by atoms with Crippen molar-refractivity contribution in [3.8, 4) is 6.07 Å². The van der Waals surface area contributed by atoms with Crippen molar-refractivity contribution in [2.45, 2.75) is 19.4 Å². The molecule has 0 amide bonds. The SMILES string of the molecule is Cc1ccccc1C(C#N)N1CCCNCC1. The van der Waals surface area contributed by atoms with Crippen LogP contribution in [0.2, 0.25) is 0 Å². The van der Waals surface area contributed by atoms with Crippen LogP contribution in [0.25, 0.3) is 0 Å². The van der Waals surface area contributed by atoms with Gasteiger partial charge in [0.05, 0.1) is 6.07 Å². The Hall–Kier alpha value is -1.37. The first-order valence-electron chi connectivity index (χ1n) is 6.23. The van der Waals surface area contributed by atoms with Crippen molar-refractivity contribution in [2.24, 2.45) is 0 Å². The highest BCUT2D eigenvalue weighted by atomic mass is 15.2. The van der Waals surface area contributed by atoms with Crippen LogP contribution in [0.1, 0.15) is 23.6 Å². The third-order valence-electron chi connectivity index (χ3n) is 3.35. The lowest BCUT2D eigenvalue weighted by molar-refractivity contribution is 0.252. The van der Waals surface area contributed by atoms with E-state index < -0.39 is 0 Å². The van der Waals surface area contributed by atoms with Crippen molar-refractivity contribution >= 4 is 0 Å². The fourth-order valence-electron chi connectivity index (χ4n) is 2.37. The van der Waals surface area contributed by atoms with Gasteiger partial charge >= 0.3 is 0 Å². The standard InChI is InChI=1S/C14H19N3/c1-12-5-2-3-6-13(12)14(11-15)17-9-4-7-16-8-10-17/h2-3,5-6,14,16H,4,7-10H2,1H3. The zero-order valence-corrected chi connectivity index (χ0v) is 10.3. The first-order chi connectivity index (χ1) is 8.33. The number of nitrogens with one attached hydrogen (secondary N) is 1. The second-order valence-electron chi connectivity index (χ2n) is 4.53. The largest absolute Gasteiger partial charge is 0.315 e. The summed E-state index contributed by atoms with van der Waals surface area (Å²) in [4.78, 5) is 2.28. The van der Waals surface area contributed by atoms with Gasteiger partial charge in [-0.05, 0) is 31.0 Å². The third-order valence-corrected chi connectivity index (χ3v) is 3.35. The van der Waals surface area contributed by atoms with Gasteiger partial charge in [0.1, 0.15) is 6.04 Å². The van der Waals surface area contributed by atoms with Gasteiger partial charge in [-0.15, -0.1) is 0 Å². The van der Waals surface area contributed by atoms with E-state index in [2.05, 4.69) is 35.3 Å². The first-order valence-corrected chi connectivity index (χ1v) is 6.23. The molecule has 90 valence electrons. The summed E-state index contributed by atoms with van der Waals surface area (Å²) in [5.74, 6) is 0. The Bertz CT molecular complexity index is 400. The molecule has 1 unspecified atom stereocenters. The quantitative estimate of drug-likeness (QED) is 0.841. The summed E-state index contributed by atoms with van der Waals surface area (Å²) >= 11 is 0. The molecule has 1 N–H and O–H groups in total. The molecule has 3 heteroatoms. The third kappa shape index (κ3) is 2.85. The zero-order chi connectivity index (χ0) is 12.1. The van der Waals surface area contributed by atoms with Crippen molar-refractivity contribution in [3.63, 3.8) is 0 Å². The van der Waals surface area contributed by atoms with Crippen molar-refractivity contribution in [1.82, 2.24) is 10.2 Å². The molecule has 17 heavy (non-hydrogen) atoms. The number of nitriles is 1. The summed E-state index contributed by atoms with van der Waals surface area (Å²) in [5.41, 5.74) is 2.35. The summed E-state index contributed by atoms with van der Waals surface area (Å²) in [6, 6.07) is 10.5. The molecule has 0 aliphatic carbocycles. The van der Waals surface area contributed by atoms with Gasteiger partial charge in [-0.2, -0.15) is 5.26 Å². The molecule has 1 heterocycles. The molecule has 1 saturated heterocycles. The maximum atomic E-state index is 9.44. The van der Waals surface area contributed by atoms with Crippen LogP contribution in [0, 0.1) is 18.3 Å². The molecular formula is C14H19N3. The number of hydrogen-bond acceptors (Lipinski definition) is 3. The highest BCUT2D eigenvalue weighted by Gasteiger charge is 2.21. The molecule has 0 radical (unpaired) electrons. The van der Waals surface area contributed by atoms with Crippen molar-refractivity contribution < 1.29 is 0 Å². The van der Waals surface area contributed by atoms with Crippen LogP contribution < -0.4 is 5.32 Å². The summed E-state index contributed by atoms with van der Waals surface area (Å²) in [7, 11) is 0. The topological polar surface area (TPSA) is 39.1 Å². The van der Waals surface area contributed by atoms with Gasteiger partial charge in [0.2, 0.25) is 0 Å². The minimum Gasteiger partial charge on any atom is -0.315 e. The van der Waals surface area contributed by atoms with Crippen LogP contribution in [0.3, 0.4) is 0 Å². The molecule has 2 rings (SSSR count). The Morgan fingerprint density at radius 1 is 1.29 bits per heavy atom. The number of nitrogens with zero attached hydrogens (tertiary/aromatic N) is 2. The van der Waals surface area contributed by atoms with E-state index in [1.54, 1.807) is 0 Å². The molecule has 1 aromatic carbocycles. The van der Waals surface area contributed by atoms with Crippen LogP contribution in [-0.4, -0.2) is 31.1 Å². The Kier molecular flexibility index (Phi) is 4.13. The fraction of sp³-hybridized carbons (Fsp3) is 0.500. The minimum atomic E-state index is -0.101. The van der Waals surface area contributed by atoms with Gasteiger partial charge in [-0.25, -0.2) is 0 Å². The second kappa shape index (κ2) is 5.81. The average Bonchev–Trinajstić information content (AvgIpc) is 2.62.